The molecule has 0 saturated carbocycles. The van der Waals surface area contributed by atoms with Gasteiger partial charge in [0.05, 0.1) is 19.5 Å². The van der Waals surface area contributed by atoms with E-state index in [1.54, 1.807) is 19.5 Å². The van der Waals surface area contributed by atoms with E-state index in [0.29, 0.717) is 0 Å². The van der Waals surface area contributed by atoms with Gasteiger partial charge in [-0.05, 0) is 18.1 Å². The molecule has 1 aromatic heterocycles. The lowest BCUT2D eigenvalue weighted by Crippen LogP contribution is -2.08. The van der Waals surface area contributed by atoms with Gasteiger partial charge >= 0.3 is 0 Å². The number of nitrogens with zero attached hydrogens (tertiary/aromatic N) is 2. The van der Waals surface area contributed by atoms with Crippen LogP contribution in [0.3, 0.4) is 0 Å². The van der Waals surface area contributed by atoms with Crippen molar-refractivity contribution >= 4 is 11.6 Å². The summed E-state index contributed by atoms with van der Waals surface area (Å²) in [5.74, 6) is 2.43. The number of hydrogen-bond acceptors (Lipinski definition) is 5. The lowest BCUT2D eigenvalue weighted by molar-refractivity contribution is 0.410. The molecule has 0 atom stereocenters. The van der Waals surface area contributed by atoms with Crippen molar-refractivity contribution < 1.29 is 4.74 Å². The molecule has 2 N–H and O–H groups in total. The molecule has 2 aromatic rings. The van der Waals surface area contributed by atoms with Crippen molar-refractivity contribution in [1.29, 1.82) is 0 Å². The van der Waals surface area contributed by atoms with E-state index in [4.69, 9.17) is 4.74 Å². The minimum atomic E-state index is 0.752. The molecule has 2 rings (SSSR count). The van der Waals surface area contributed by atoms with Gasteiger partial charge in [-0.3, -0.25) is 4.98 Å². The summed E-state index contributed by atoms with van der Waals surface area (Å²) in [6, 6.07) is 8.02. The zero-order valence-corrected chi connectivity index (χ0v) is 11.2. The Bertz CT molecular complexity index is 530. The summed E-state index contributed by atoms with van der Waals surface area (Å²) in [6.45, 7) is 0.780. The van der Waals surface area contributed by atoms with Crippen LogP contribution >= 0.6 is 0 Å². The molecule has 0 aliphatic rings. The van der Waals surface area contributed by atoms with Crippen molar-refractivity contribution in [2.24, 2.45) is 0 Å². The highest BCUT2D eigenvalue weighted by Crippen LogP contribution is 2.17. The Labute approximate surface area is 113 Å². The molecule has 1 heterocycles. The maximum absolute atomic E-state index is 5.32. The number of nitrogens with one attached hydrogen (secondary N) is 2. The number of hydrogen-bond donors (Lipinski definition) is 2. The molecule has 100 valence electrons. The van der Waals surface area contributed by atoms with Crippen LogP contribution in [0, 0.1) is 0 Å². The van der Waals surface area contributed by atoms with Crippen molar-refractivity contribution in [3.63, 3.8) is 0 Å². The molecule has 19 heavy (non-hydrogen) atoms. The third-order valence-corrected chi connectivity index (χ3v) is 2.78. The van der Waals surface area contributed by atoms with E-state index in [0.717, 1.165) is 30.4 Å². The number of para-hydroxylation sites is 1. The molecule has 0 amide bonds. The third-order valence-electron chi connectivity index (χ3n) is 2.78. The minimum Gasteiger partial charge on any atom is -0.496 e. The predicted octanol–water partition coefficient (Wildman–Crippen LogP) is 2.18. The van der Waals surface area contributed by atoms with Gasteiger partial charge in [-0.25, -0.2) is 4.98 Å². The fraction of sp³-hybridized carbons (Fsp3) is 0.286. The molecule has 0 radical (unpaired) electrons. The van der Waals surface area contributed by atoms with Gasteiger partial charge in [0.15, 0.2) is 0 Å². The van der Waals surface area contributed by atoms with E-state index < -0.39 is 0 Å². The molecule has 0 saturated heterocycles. The second-order valence-corrected chi connectivity index (χ2v) is 4.03. The average molecular weight is 258 g/mol. The first kappa shape index (κ1) is 13.1. The Hall–Kier alpha value is -2.30. The largest absolute Gasteiger partial charge is 0.496 e. The Balaban J connectivity index is 1.92. The van der Waals surface area contributed by atoms with Gasteiger partial charge in [-0.1, -0.05) is 18.2 Å². The number of benzene rings is 1. The van der Waals surface area contributed by atoms with Gasteiger partial charge < -0.3 is 15.4 Å². The van der Waals surface area contributed by atoms with Crippen molar-refractivity contribution in [3.05, 3.63) is 42.2 Å². The van der Waals surface area contributed by atoms with Crippen LogP contribution in [-0.4, -0.2) is 30.7 Å². The first-order valence-corrected chi connectivity index (χ1v) is 6.19. The lowest BCUT2D eigenvalue weighted by Gasteiger charge is -2.09. The molecule has 1 aromatic carbocycles. The lowest BCUT2D eigenvalue weighted by atomic mass is 10.1. The van der Waals surface area contributed by atoms with E-state index in [2.05, 4.69) is 26.7 Å². The summed E-state index contributed by atoms with van der Waals surface area (Å²) < 4.78 is 5.32. The Morgan fingerprint density at radius 3 is 2.74 bits per heavy atom. The standard InChI is InChI=1S/C14H18N4O/c1-15-13-9-16-10-14(18-13)17-8-7-11-5-3-4-6-12(11)19-2/h3-6,9-10H,7-8H2,1-2H3,(H2,15,17,18). The Morgan fingerprint density at radius 2 is 1.95 bits per heavy atom. The summed E-state index contributed by atoms with van der Waals surface area (Å²) >= 11 is 0. The van der Waals surface area contributed by atoms with E-state index in [-0.39, 0.29) is 0 Å². The van der Waals surface area contributed by atoms with Crippen molar-refractivity contribution in [2.75, 3.05) is 31.3 Å². The maximum atomic E-state index is 5.32. The van der Waals surface area contributed by atoms with Gasteiger partial charge in [-0.15, -0.1) is 0 Å². The van der Waals surface area contributed by atoms with Crippen LogP contribution in [-0.2, 0) is 6.42 Å². The smallest absolute Gasteiger partial charge is 0.146 e. The van der Waals surface area contributed by atoms with Crippen molar-refractivity contribution in [1.82, 2.24) is 9.97 Å². The molecule has 5 heteroatoms. The molecule has 0 aliphatic heterocycles. The molecule has 0 aliphatic carbocycles. The van der Waals surface area contributed by atoms with E-state index >= 15 is 0 Å². The molecule has 0 spiro atoms. The summed E-state index contributed by atoms with van der Waals surface area (Å²) in [4.78, 5) is 8.45. The molecular weight excluding hydrogens is 240 g/mol. The van der Waals surface area contributed by atoms with Gasteiger partial charge in [0.2, 0.25) is 0 Å². The highest BCUT2D eigenvalue weighted by atomic mass is 16.5. The second kappa shape index (κ2) is 6.58. The minimum absolute atomic E-state index is 0.752. The molecule has 0 fully saturated rings. The molecule has 0 bridgehead atoms. The van der Waals surface area contributed by atoms with E-state index in [9.17, 15) is 0 Å². The number of anilines is 2. The SMILES string of the molecule is CNc1cncc(NCCc2ccccc2OC)n1. The number of rotatable bonds is 6. The van der Waals surface area contributed by atoms with Gasteiger partial charge in [0.25, 0.3) is 0 Å². The van der Waals surface area contributed by atoms with Crippen molar-refractivity contribution in [3.8, 4) is 5.75 Å². The third kappa shape index (κ3) is 3.58. The topological polar surface area (TPSA) is 59.1 Å². The summed E-state index contributed by atoms with van der Waals surface area (Å²) in [6.07, 6.45) is 4.27. The van der Waals surface area contributed by atoms with Crippen LogP contribution in [0.1, 0.15) is 5.56 Å². The predicted molar refractivity (Wildman–Crippen MR) is 76.8 cm³/mol. The van der Waals surface area contributed by atoms with Crippen LogP contribution in [0.15, 0.2) is 36.7 Å². The van der Waals surface area contributed by atoms with Crippen molar-refractivity contribution in [2.45, 2.75) is 6.42 Å². The number of ether oxygens (including phenoxy) is 1. The monoisotopic (exact) mass is 258 g/mol. The molecule has 5 nitrogen and oxygen atoms in total. The van der Waals surface area contributed by atoms with E-state index in [1.807, 2.05) is 25.2 Å². The fourth-order valence-corrected chi connectivity index (χ4v) is 1.81. The summed E-state index contributed by atoms with van der Waals surface area (Å²) in [7, 11) is 3.51. The normalized spacial score (nSPS) is 10.0. The quantitative estimate of drug-likeness (QED) is 0.831. The molecule has 0 unspecified atom stereocenters. The van der Waals surface area contributed by atoms with Crippen LogP contribution in [0.4, 0.5) is 11.6 Å². The highest BCUT2D eigenvalue weighted by Gasteiger charge is 2.02. The number of aromatic nitrogens is 2. The van der Waals surface area contributed by atoms with Crippen LogP contribution in [0.5, 0.6) is 5.75 Å². The highest BCUT2D eigenvalue weighted by molar-refractivity contribution is 5.41. The maximum Gasteiger partial charge on any atom is 0.146 e. The fourth-order valence-electron chi connectivity index (χ4n) is 1.81. The number of methoxy groups -OCH3 is 1. The van der Waals surface area contributed by atoms with E-state index in [1.165, 1.54) is 5.56 Å². The Morgan fingerprint density at radius 1 is 1.16 bits per heavy atom. The van der Waals surface area contributed by atoms with Gasteiger partial charge in [0.1, 0.15) is 17.4 Å². The first-order chi connectivity index (χ1) is 9.33. The zero-order chi connectivity index (χ0) is 13.5. The van der Waals surface area contributed by atoms with Crippen LogP contribution < -0.4 is 15.4 Å². The van der Waals surface area contributed by atoms with Crippen LogP contribution in [0.25, 0.3) is 0 Å². The second-order valence-electron chi connectivity index (χ2n) is 4.03. The summed E-state index contributed by atoms with van der Waals surface area (Å²) in [5, 5.41) is 6.21. The average Bonchev–Trinajstić information content (AvgIpc) is 2.48. The Kier molecular flexibility index (Phi) is 4.55. The molecular formula is C14H18N4O. The summed E-state index contributed by atoms with van der Waals surface area (Å²) in [5.41, 5.74) is 1.18. The van der Waals surface area contributed by atoms with Gasteiger partial charge in [-0.2, -0.15) is 0 Å². The van der Waals surface area contributed by atoms with Crippen LogP contribution in [0.2, 0.25) is 0 Å². The van der Waals surface area contributed by atoms with Gasteiger partial charge in [0, 0.05) is 13.6 Å². The first-order valence-electron chi connectivity index (χ1n) is 6.19. The zero-order valence-electron chi connectivity index (χ0n) is 11.2.